The number of quaternary nitrogens is 1. The molecule has 1 heterocycles. The van der Waals surface area contributed by atoms with Gasteiger partial charge in [0.2, 0.25) is 0 Å². The fraction of sp³-hybridized carbons (Fsp3) is 0.417. The highest BCUT2D eigenvalue weighted by molar-refractivity contribution is 7.90. The average Bonchev–Trinajstić information content (AvgIpc) is 2.50. The van der Waals surface area contributed by atoms with E-state index in [9.17, 15) is 13.2 Å². The highest BCUT2D eigenvalue weighted by Gasteiger charge is 2.31. The van der Waals surface area contributed by atoms with Gasteiger partial charge in [-0.3, -0.25) is 4.79 Å². The lowest BCUT2D eigenvalue weighted by Crippen LogP contribution is -2.36. The number of aliphatic hydroxyl groups is 1. The molecule has 1 aromatic rings. The maximum atomic E-state index is 11.1. The quantitative estimate of drug-likeness (QED) is 0.738. The number of benzene rings is 1. The molecular weight excluding hydrogens is 268 g/mol. The Balaban J connectivity index is 0.000000224. The summed E-state index contributed by atoms with van der Waals surface area (Å²) < 4.78 is 25.0. The lowest BCUT2D eigenvalue weighted by molar-refractivity contribution is -0.870. The Morgan fingerprint density at radius 1 is 1.21 bits per heavy atom. The van der Waals surface area contributed by atoms with E-state index < -0.39 is 15.9 Å². The predicted octanol–water partition coefficient (Wildman–Crippen LogP) is -0.196. The molecule has 1 aliphatic rings. The van der Waals surface area contributed by atoms with Crippen LogP contribution in [-0.2, 0) is 10.0 Å². The molecule has 0 spiro atoms. The van der Waals surface area contributed by atoms with Gasteiger partial charge in [-0.15, -0.1) is 0 Å². The van der Waals surface area contributed by atoms with Crippen molar-refractivity contribution in [3.8, 4) is 0 Å². The van der Waals surface area contributed by atoms with Crippen molar-refractivity contribution in [3.63, 3.8) is 0 Å². The summed E-state index contributed by atoms with van der Waals surface area (Å²) in [5.74, 6) is -0.550. The smallest absolute Gasteiger partial charge is 0.266 e. The van der Waals surface area contributed by atoms with E-state index >= 15 is 0 Å². The zero-order chi connectivity index (χ0) is 14.7. The van der Waals surface area contributed by atoms with Crippen molar-refractivity contribution in [2.75, 3.05) is 34.3 Å². The van der Waals surface area contributed by atoms with E-state index in [0.29, 0.717) is 0 Å². The predicted molar refractivity (Wildman–Crippen MR) is 71.1 cm³/mol. The Labute approximate surface area is 113 Å². The number of fused-ring (bicyclic) bond motifs is 1. The lowest BCUT2D eigenvalue weighted by atomic mass is 10.2. The highest BCUT2D eigenvalue weighted by Crippen LogP contribution is 2.20. The highest BCUT2D eigenvalue weighted by atomic mass is 32.2. The van der Waals surface area contributed by atoms with Crippen molar-refractivity contribution in [1.29, 1.82) is 0 Å². The van der Waals surface area contributed by atoms with Crippen molar-refractivity contribution in [2.45, 2.75) is 4.90 Å². The first-order valence-corrected chi connectivity index (χ1v) is 7.23. The number of likely N-dealkylation sites (N-methyl/N-ethyl adjacent to an activating group) is 1. The summed E-state index contributed by atoms with van der Waals surface area (Å²) in [5.41, 5.74) is 0.220. The summed E-state index contributed by atoms with van der Waals surface area (Å²) >= 11 is 0. The van der Waals surface area contributed by atoms with Gasteiger partial charge in [-0.2, -0.15) is 0 Å². The van der Waals surface area contributed by atoms with Crippen molar-refractivity contribution < 1.29 is 22.8 Å². The molecule has 6 nitrogen and oxygen atoms in total. The van der Waals surface area contributed by atoms with E-state index in [2.05, 4.69) is 21.1 Å². The lowest BCUT2D eigenvalue weighted by Gasteiger charge is -2.21. The Bertz CT molecular complexity index is 561. The van der Waals surface area contributed by atoms with Gasteiger partial charge in [-0.05, 0) is 12.1 Å². The number of nitrogens with zero attached hydrogens (tertiary/aromatic N) is 1. The van der Waals surface area contributed by atoms with Gasteiger partial charge in [0.15, 0.2) is 0 Å². The van der Waals surface area contributed by atoms with Crippen LogP contribution in [0.5, 0.6) is 0 Å². The Morgan fingerprint density at radius 3 is 2.21 bits per heavy atom. The Kier molecular flexibility index (Phi) is 4.67. The molecule has 106 valence electrons. The van der Waals surface area contributed by atoms with Gasteiger partial charge in [0.1, 0.15) is 11.4 Å². The number of aliphatic hydroxyl groups excluding tert-OH is 1. The molecule has 0 fully saturated rings. The van der Waals surface area contributed by atoms with Crippen molar-refractivity contribution in [3.05, 3.63) is 29.8 Å². The summed E-state index contributed by atoms with van der Waals surface area (Å²) in [6.45, 7) is 1.11. The van der Waals surface area contributed by atoms with Crippen LogP contribution in [0.3, 0.4) is 0 Å². The molecule has 1 aliphatic heterocycles. The van der Waals surface area contributed by atoms with Gasteiger partial charge in [-0.25, -0.2) is 13.1 Å². The number of amides is 1. The fourth-order valence-electron chi connectivity index (χ4n) is 1.42. The summed E-state index contributed by atoms with van der Waals surface area (Å²) in [7, 11) is 2.60. The number of nitrogens with one attached hydrogen (secondary N) is 1. The van der Waals surface area contributed by atoms with Crippen LogP contribution in [-0.4, -0.2) is 58.2 Å². The minimum absolute atomic E-state index is 0.0648. The molecule has 0 unspecified atom stereocenters. The second kappa shape index (κ2) is 5.68. The van der Waals surface area contributed by atoms with Crippen molar-refractivity contribution in [2.24, 2.45) is 0 Å². The van der Waals surface area contributed by atoms with Gasteiger partial charge in [0.05, 0.1) is 33.3 Å². The molecular formula is C12H19N2O4S+. The molecule has 0 saturated heterocycles. The maximum Gasteiger partial charge on any atom is 0.266 e. The Hall–Kier alpha value is -1.44. The van der Waals surface area contributed by atoms with E-state index in [1.54, 1.807) is 12.1 Å². The standard InChI is InChI=1S/C7H5NO3S.C5H14NO/c9-7-5-3-1-2-4-6(5)12(10,11)8-7;1-6(2,3)4-5-7/h1-4H,(H,8,9);7H,4-5H2,1-3H3/q;+1. The average molecular weight is 287 g/mol. The second-order valence-corrected chi connectivity index (χ2v) is 6.82. The van der Waals surface area contributed by atoms with E-state index in [1.807, 2.05) is 4.72 Å². The first-order chi connectivity index (χ1) is 8.67. The molecule has 0 aromatic heterocycles. The van der Waals surface area contributed by atoms with E-state index in [0.717, 1.165) is 11.0 Å². The summed E-state index contributed by atoms with van der Waals surface area (Å²) in [6.07, 6.45) is 0. The zero-order valence-corrected chi connectivity index (χ0v) is 12.1. The number of carbonyl (C=O) groups excluding carboxylic acids is 1. The molecule has 1 amide bonds. The molecule has 2 rings (SSSR count). The molecule has 0 bridgehead atoms. The number of hydrogen-bond donors (Lipinski definition) is 2. The molecule has 1 aromatic carbocycles. The van der Waals surface area contributed by atoms with Gasteiger partial charge in [0.25, 0.3) is 15.9 Å². The maximum absolute atomic E-state index is 11.1. The van der Waals surface area contributed by atoms with E-state index in [-0.39, 0.29) is 17.1 Å². The minimum atomic E-state index is -3.55. The largest absolute Gasteiger partial charge is 0.391 e. The topological polar surface area (TPSA) is 83.5 Å². The van der Waals surface area contributed by atoms with Crippen molar-refractivity contribution in [1.82, 2.24) is 4.72 Å². The van der Waals surface area contributed by atoms with Crippen molar-refractivity contribution >= 4 is 15.9 Å². The van der Waals surface area contributed by atoms with Crippen LogP contribution >= 0.6 is 0 Å². The zero-order valence-electron chi connectivity index (χ0n) is 11.3. The number of rotatable bonds is 2. The monoisotopic (exact) mass is 287 g/mol. The third-order valence-electron chi connectivity index (χ3n) is 2.42. The van der Waals surface area contributed by atoms with Crippen LogP contribution in [0.1, 0.15) is 10.4 Å². The fourth-order valence-corrected chi connectivity index (χ4v) is 2.59. The molecule has 2 N–H and O–H groups in total. The number of carbonyl (C=O) groups is 1. The van der Waals surface area contributed by atoms with Gasteiger partial charge < -0.3 is 9.59 Å². The Morgan fingerprint density at radius 2 is 1.79 bits per heavy atom. The van der Waals surface area contributed by atoms with Gasteiger partial charge >= 0.3 is 0 Å². The molecule has 0 radical (unpaired) electrons. The van der Waals surface area contributed by atoms with Crippen LogP contribution in [0.4, 0.5) is 0 Å². The van der Waals surface area contributed by atoms with Crippen LogP contribution in [0.15, 0.2) is 29.2 Å². The molecule has 0 atom stereocenters. The minimum Gasteiger partial charge on any atom is -0.391 e. The molecule has 19 heavy (non-hydrogen) atoms. The van der Waals surface area contributed by atoms with Crippen LogP contribution in [0.25, 0.3) is 0 Å². The molecule has 0 aliphatic carbocycles. The third-order valence-corrected chi connectivity index (χ3v) is 3.81. The summed E-state index contributed by atoms with van der Waals surface area (Å²) in [5, 5.41) is 8.39. The SMILES string of the molecule is C[N+](C)(C)CCO.O=C1NS(=O)(=O)c2ccccc21. The third kappa shape index (κ3) is 4.30. The number of sulfonamides is 1. The van der Waals surface area contributed by atoms with Gasteiger partial charge in [0, 0.05) is 0 Å². The van der Waals surface area contributed by atoms with E-state index in [4.69, 9.17) is 5.11 Å². The van der Waals surface area contributed by atoms with Crippen LogP contribution in [0, 0.1) is 0 Å². The first-order valence-electron chi connectivity index (χ1n) is 5.75. The summed E-state index contributed by atoms with van der Waals surface area (Å²) in [6, 6.07) is 6.09. The van der Waals surface area contributed by atoms with Crippen LogP contribution < -0.4 is 4.72 Å². The number of hydrogen-bond acceptors (Lipinski definition) is 4. The molecule has 0 saturated carbocycles. The summed E-state index contributed by atoms with van der Waals surface area (Å²) in [4.78, 5) is 11.1. The van der Waals surface area contributed by atoms with Crippen LogP contribution in [0.2, 0.25) is 0 Å². The second-order valence-electron chi connectivity index (χ2n) is 5.17. The first kappa shape index (κ1) is 15.6. The van der Waals surface area contributed by atoms with E-state index in [1.165, 1.54) is 12.1 Å². The van der Waals surface area contributed by atoms with Gasteiger partial charge in [-0.1, -0.05) is 12.1 Å². The normalized spacial score (nSPS) is 16.1. The molecule has 7 heteroatoms.